The third kappa shape index (κ3) is 3.11. The molecule has 0 aliphatic rings. The first-order valence-electron chi connectivity index (χ1n) is 5.89. The van der Waals surface area contributed by atoms with Gasteiger partial charge in [-0.25, -0.2) is 4.39 Å². The molecule has 2 aromatic rings. The van der Waals surface area contributed by atoms with Gasteiger partial charge in [0.2, 0.25) is 5.78 Å². The molecule has 0 radical (unpaired) electrons. The van der Waals surface area contributed by atoms with Gasteiger partial charge in [0.15, 0.2) is 0 Å². The summed E-state index contributed by atoms with van der Waals surface area (Å²) in [6.45, 7) is 0. The normalized spacial score (nSPS) is 10.3. The number of halogens is 3. The number of hydrogen-bond donors (Lipinski definition) is 0. The van der Waals surface area contributed by atoms with E-state index in [1.165, 1.54) is 26.4 Å². The van der Waals surface area contributed by atoms with Crippen LogP contribution in [0.1, 0.15) is 15.9 Å². The minimum Gasteiger partial charge on any atom is -0.497 e. The summed E-state index contributed by atoms with van der Waals surface area (Å²) in [7, 11) is 2.95. The Bertz CT molecular complexity index is 681. The van der Waals surface area contributed by atoms with Crippen molar-refractivity contribution in [3.05, 3.63) is 56.2 Å². The number of rotatable bonds is 4. The van der Waals surface area contributed by atoms with Crippen molar-refractivity contribution in [2.75, 3.05) is 14.2 Å². The average molecular weight is 418 g/mol. The summed E-state index contributed by atoms with van der Waals surface area (Å²) in [5, 5.41) is 0. The highest BCUT2D eigenvalue weighted by atomic mass is 79.9. The van der Waals surface area contributed by atoms with Crippen molar-refractivity contribution >= 4 is 37.6 Å². The van der Waals surface area contributed by atoms with E-state index in [0.29, 0.717) is 20.4 Å². The molecule has 0 aliphatic heterocycles. The van der Waals surface area contributed by atoms with E-state index in [0.717, 1.165) is 0 Å². The summed E-state index contributed by atoms with van der Waals surface area (Å²) >= 11 is 6.51. The van der Waals surface area contributed by atoms with Gasteiger partial charge in [0.05, 0.1) is 25.3 Å². The number of ketones is 1. The maximum Gasteiger partial charge on any atom is 0.201 e. The zero-order valence-electron chi connectivity index (χ0n) is 11.2. The van der Waals surface area contributed by atoms with Crippen LogP contribution in [0.3, 0.4) is 0 Å². The Morgan fingerprint density at radius 1 is 1.05 bits per heavy atom. The lowest BCUT2D eigenvalue weighted by Crippen LogP contribution is -2.08. The quantitative estimate of drug-likeness (QED) is 0.682. The smallest absolute Gasteiger partial charge is 0.201 e. The van der Waals surface area contributed by atoms with Crippen LogP contribution in [-0.4, -0.2) is 20.0 Å². The first-order valence-corrected chi connectivity index (χ1v) is 7.48. The average Bonchev–Trinajstić information content (AvgIpc) is 2.45. The molecule has 0 unspecified atom stereocenters. The molecule has 0 amide bonds. The van der Waals surface area contributed by atoms with Gasteiger partial charge in [-0.15, -0.1) is 0 Å². The molecule has 0 N–H and O–H groups in total. The molecule has 0 saturated heterocycles. The van der Waals surface area contributed by atoms with Crippen LogP contribution in [0.25, 0.3) is 0 Å². The van der Waals surface area contributed by atoms with Gasteiger partial charge in [-0.05, 0) is 50.1 Å². The Morgan fingerprint density at radius 2 is 1.76 bits per heavy atom. The molecule has 0 atom stereocenters. The van der Waals surface area contributed by atoms with Crippen molar-refractivity contribution in [3.8, 4) is 11.5 Å². The van der Waals surface area contributed by atoms with Crippen molar-refractivity contribution in [3.63, 3.8) is 0 Å². The predicted molar refractivity (Wildman–Crippen MR) is 84.8 cm³/mol. The third-order valence-corrected chi connectivity index (χ3v) is 4.19. The fourth-order valence-corrected chi connectivity index (χ4v) is 3.02. The zero-order chi connectivity index (χ0) is 15.6. The van der Waals surface area contributed by atoms with Crippen molar-refractivity contribution < 1.29 is 18.7 Å². The van der Waals surface area contributed by atoms with E-state index in [9.17, 15) is 9.18 Å². The summed E-state index contributed by atoms with van der Waals surface area (Å²) in [6.07, 6.45) is 0. The van der Waals surface area contributed by atoms with E-state index in [4.69, 9.17) is 9.47 Å². The van der Waals surface area contributed by atoms with Gasteiger partial charge in [0.25, 0.3) is 0 Å². The molecular weight excluding hydrogens is 407 g/mol. The molecule has 0 fully saturated rings. The van der Waals surface area contributed by atoms with E-state index in [1.807, 2.05) is 0 Å². The van der Waals surface area contributed by atoms with Crippen molar-refractivity contribution in [2.24, 2.45) is 0 Å². The molecular formula is C15H11Br2FO3. The van der Waals surface area contributed by atoms with Gasteiger partial charge in [-0.2, -0.15) is 0 Å². The molecule has 0 bridgehead atoms. The van der Waals surface area contributed by atoms with Gasteiger partial charge in [0, 0.05) is 15.0 Å². The minimum atomic E-state index is -0.598. The molecule has 3 nitrogen and oxygen atoms in total. The minimum absolute atomic E-state index is 0.0401. The van der Waals surface area contributed by atoms with Gasteiger partial charge >= 0.3 is 0 Å². The lowest BCUT2D eigenvalue weighted by Gasteiger charge is -2.13. The van der Waals surface area contributed by atoms with Crippen molar-refractivity contribution in [1.29, 1.82) is 0 Å². The summed E-state index contributed by atoms with van der Waals surface area (Å²) in [4.78, 5) is 12.7. The number of hydrogen-bond acceptors (Lipinski definition) is 3. The van der Waals surface area contributed by atoms with E-state index in [2.05, 4.69) is 31.9 Å². The SMILES string of the molecule is COc1cc(Br)c(C(=O)c2c(F)cccc2Br)c(OC)c1. The molecule has 0 aliphatic carbocycles. The Morgan fingerprint density at radius 3 is 2.33 bits per heavy atom. The fourth-order valence-electron chi connectivity index (χ4n) is 1.90. The van der Waals surface area contributed by atoms with Crippen molar-refractivity contribution in [1.82, 2.24) is 0 Å². The van der Waals surface area contributed by atoms with E-state index in [-0.39, 0.29) is 11.1 Å². The molecule has 110 valence electrons. The second-order valence-electron chi connectivity index (χ2n) is 4.11. The summed E-state index contributed by atoms with van der Waals surface area (Å²) in [5.41, 5.74) is 0.200. The van der Waals surface area contributed by atoms with Crippen molar-refractivity contribution in [2.45, 2.75) is 0 Å². The van der Waals surface area contributed by atoms with E-state index >= 15 is 0 Å². The molecule has 0 saturated carbocycles. The molecule has 2 aromatic carbocycles. The zero-order valence-corrected chi connectivity index (χ0v) is 14.4. The summed E-state index contributed by atoms with van der Waals surface area (Å²) in [6, 6.07) is 7.58. The number of carbonyl (C=O) groups is 1. The van der Waals surface area contributed by atoms with Crippen LogP contribution in [-0.2, 0) is 0 Å². The Balaban J connectivity index is 2.64. The highest BCUT2D eigenvalue weighted by molar-refractivity contribution is 9.11. The lowest BCUT2D eigenvalue weighted by atomic mass is 10.0. The lowest BCUT2D eigenvalue weighted by molar-refractivity contribution is 0.103. The van der Waals surface area contributed by atoms with Crippen LogP contribution >= 0.6 is 31.9 Å². The van der Waals surface area contributed by atoms with Gasteiger partial charge in [-0.1, -0.05) is 6.07 Å². The van der Waals surface area contributed by atoms with Crippen LogP contribution < -0.4 is 9.47 Å². The topological polar surface area (TPSA) is 35.5 Å². The molecule has 2 rings (SSSR count). The molecule has 21 heavy (non-hydrogen) atoms. The predicted octanol–water partition coefficient (Wildman–Crippen LogP) is 4.60. The van der Waals surface area contributed by atoms with Crippen LogP contribution in [0.15, 0.2) is 39.3 Å². The maximum absolute atomic E-state index is 14.0. The number of benzene rings is 2. The summed E-state index contributed by atoms with van der Waals surface area (Å²) < 4.78 is 25.2. The third-order valence-electron chi connectivity index (χ3n) is 2.90. The molecule has 0 spiro atoms. The highest BCUT2D eigenvalue weighted by Gasteiger charge is 2.24. The summed E-state index contributed by atoms with van der Waals surface area (Å²) in [5.74, 6) is -0.241. The van der Waals surface area contributed by atoms with Gasteiger partial charge in [0.1, 0.15) is 17.3 Å². The van der Waals surface area contributed by atoms with E-state index < -0.39 is 11.6 Å². The maximum atomic E-state index is 14.0. The largest absolute Gasteiger partial charge is 0.497 e. The number of ether oxygens (including phenoxy) is 2. The Hall–Kier alpha value is -1.40. The second kappa shape index (κ2) is 6.58. The van der Waals surface area contributed by atoms with Crippen LogP contribution in [0, 0.1) is 5.82 Å². The second-order valence-corrected chi connectivity index (χ2v) is 5.82. The standard InChI is InChI=1S/C15H11Br2FO3/c1-20-8-6-10(17)14(12(7-8)21-2)15(19)13-9(16)4-3-5-11(13)18/h3-7H,1-2H3. The van der Waals surface area contributed by atoms with Crippen LogP contribution in [0.5, 0.6) is 11.5 Å². The number of carbonyl (C=O) groups excluding carboxylic acids is 1. The van der Waals surface area contributed by atoms with Crippen LogP contribution in [0.4, 0.5) is 4.39 Å². The number of methoxy groups -OCH3 is 2. The molecule has 6 heteroatoms. The molecule has 0 heterocycles. The van der Waals surface area contributed by atoms with Gasteiger partial charge in [-0.3, -0.25) is 4.79 Å². The Labute approximate surface area is 138 Å². The van der Waals surface area contributed by atoms with Gasteiger partial charge < -0.3 is 9.47 Å². The first-order chi connectivity index (χ1) is 9.99. The van der Waals surface area contributed by atoms with E-state index in [1.54, 1.807) is 18.2 Å². The highest BCUT2D eigenvalue weighted by Crippen LogP contribution is 2.35. The monoisotopic (exact) mass is 416 g/mol. The first kappa shape index (κ1) is 16.0. The van der Waals surface area contributed by atoms with Crippen LogP contribution in [0.2, 0.25) is 0 Å². The fraction of sp³-hybridized carbons (Fsp3) is 0.133. The Kier molecular flexibility index (Phi) is 5.00. The molecule has 0 aromatic heterocycles.